The second-order valence-electron chi connectivity index (χ2n) is 2.23. The van der Waals surface area contributed by atoms with Gasteiger partial charge in [-0.15, -0.1) is 0 Å². The van der Waals surface area contributed by atoms with Gasteiger partial charge in [0.05, 0.1) is 7.11 Å². The van der Waals surface area contributed by atoms with Gasteiger partial charge in [0.1, 0.15) is 5.75 Å². The first-order chi connectivity index (χ1) is 5.77. The number of rotatable bonds is 2. The molecular weight excluding hydrogens is 154 g/mol. The number of nitrogens with one attached hydrogen (secondary N) is 1. The maximum atomic E-state index is 11.0. The molecule has 0 aliphatic rings. The smallest absolute Gasteiger partial charge is 0.251 e. The lowest BCUT2D eigenvalue weighted by molar-refractivity contribution is 0.0969. The number of methoxy groups -OCH3 is 1. The minimum Gasteiger partial charge on any atom is -0.497 e. The van der Waals surface area contributed by atoms with E-state index in [2.05, 4.69) is 12.4 Å². The summed E-state index contributed by atoms with van der Waals surface area (Å²) in [6.07, 6.45) is 0. The van der Waals surface area contributed by atoms with Gasteiger partial charge in [-0.1, -0.05) is 0 Å². The predicted molar refractivity (Wildman–Crippen MR) is 45.8 cm³/mol. The predicted octanol–water partition coefficient (Wildman–Crippen LogP) is 1.22. The van der Waals surface area contributed by atoms with Crippen molar-refractivity contribution in [3.05, 3.63) is 36.9 Å². The van der Waals surface area contributed by atoms with Crippen LogP contribution < -0.4 is 10.1 Å². The lowest BCUT2D eigenvalue weighted by atomic mass is 10.2. The van der Waals surface area contributed by atoms with Crippen LogP contribution in [0.3, 0.4) is 0 Å². The quantitative estimate of drug-likeness (QED) is 0.713. The molecule has 1 rings (SSSR count). The molecule has 1 aromatic carbocycles. The Bertz CT molecular complexity index is 266. The van der Waals surface area contributed by atoms with Gasteiger partial charge in [0.15, 0.2) is 0 Å². The van der Waals surface area contributed by atoms with E-state index in [0.717, 1.165) is 5.75 Å². The lowest BCUT2D eigenvalue weighted by Crippen LogP contribution is -2.15. The highest BCUT2D eigenvalue weighted by molar-refractivity contribution is 5.94. The molecule has 0 aliphatic carbocycles. The Morgan fingerprint density at radius 3 is 2.42 bits per heavy atom. The van der Waals surface area contributed by atoms with Gasteiger partial charge >= 0.3 is 0 Å². The summed E-state index contributed by atoms with van der Waals surface area (Å²) in [5.74, 6) is 0.535. The lowest BCUT2D eigenvalue weighted by Gasteiger charge is -2.01. The number of ether oxygens (including phenoxy) is 1. The zero-order chi connectivity index (χ0) is 8.97. The first kappa shape index (κ1) is 8.59. The van der Waals surface area contributed by atoms with Crippen LogP contribution in [0, 0.1) is 7.05 Å². The van der Waals surface area contributed by atoms with E-state index in [1.54, 1.807) is 31.4 Å². The van der Waals surface area contributed by atoms with Gasteiger partial charge in [-0.25, -0.2) is 0 Å². The van der Waals surface area contributed by atoms with Crippen molar-refractivity contribution in [1.82, 2.24) is 5.32 Å². The molecule has 1 radical (unpaired) electrons. The Morgan fingerprint density at radius 1 is 1.42 bits per heavy atom. The van der Waals surface area contributed by atoms with E-state index in [1.807, 2.05) is 0 Å². The molecule has 0 unspecified atom stereocenters. The molecule has 0 heterocycles. The van der Waals surface area contributed by atoms with E-state index in [0.29, 0.717) is 5.56 Å². The van der Waals surface area contributed by atoms with Gasteiger partial charge in [0.25, 0.3) is 5.91 Å². The van der Waals surface area contributed by atoms with E-state index in [9.17, 15) is 4.79 Å². The fourth-order valence-electron chi connectivity index (χ4n) is 0.844. The molecule has 1 amide bonds. The Kier molecular flexibility index (Phi) is 2.69. The van der Waals surface area contributed by atoms with Crippen molar-refractivity contribution in [3.63, 3.8) is 0 Å². The number of hydrogen-bond donors (Lipinski definition) is 1. The summed E-state index contributed by atoms with van der Waals surface area (Å²) in [5, 5.41) is 2.29. The average molecular weight is 164 g/mol. The highest BCUT2D eigenvalue weighted by Gasteiger charge is 2.01. The monoisotopic (exact) mass is 164 g/mol. The highest BCUT2D eigenvalue weighted by atomic mass is 16.5. The summed E-state index contributed by atoms with van der Waals surface area (Å²) in [7, 11) is 4.85. The summed E-state index contributed by atoms with van der Waals surface area (Å²) < 4.78 is 4.94. The van der Waals surface area contributed by atoms with E-state index in [-0.39, 0.29) is 5.91 Å². The standard InChI is InChI=1S/C9H10NO2/c1-10-9(11)7-3-5-8(12-2)6-4-7/h3-6H,1H2,2H3,(H,10,11). The molecule has 1 N–H and O–H groups in total. The number of benzene rings is 1. The molecule has 0 bridgehead atoms. The van der Waals surface area contributed by atoms with Crippen molar-refractivity contribution < 1.29 is 9.53 Å². The van der Waals surface area contributed by atoms with Crippen LogP contribution in [0.1, 0.15) is 10.4 Å². The van der Waals surface area contributed by atoms with Crippen LogP contribution in [0.4, 0.5) is 0 Å². The van der Waals surface area contributed by atoms with Gasteiger partial charge in [-0.3, -0.25) is 4.79 Å². The molecule has 1 aromatic rings. The fourth-order valence-corrected chi connectivity index (χ4v) is 0.844. The second kappa shape index (κ2) is 3.76. The SMILES string of the molecule is [CH2]NC(=O)c1ccc(OC)cc1. The molecule has 0 atom stereocenters. The third-order valence-electron chi connectivity index (χ3n) is 1.51. The van der Waals surface area contributed by atoms with Gasteiger partial charge in [0.2, 0.25) is 0 Å². The summed E-state index contributed by atoms with van der Waals surface area (Å²) in [5.41, 5.74) is 0.575. The Labute approximate surface area is 71.4 Å². The largest absolute Gasteiger partial charge is 0.497 e. The maximum Gasteiger partial charge on any atom is 0.251 e. The van der Waals surface area contributed by atoms with Crippen molar-refractivity contribution in [2.24, 2.45) is 0 Å². The van der Waals surface area contributed by atoms with Crippen molar-refractivity contribution in [2.45, 2.75) is 0 Å². The Balaban J connectivity index is 2.84. The minimum absolute atomic E-state index is 0.197. The zero-order valence-electron chi connectivity index (χ0n) is 6.83. The molecule has 3 heteroatoms. The first-order valence-electron chi connectivity index (χ1n) is 3.49. The van der Waals surface area contributed by atoms with Crippen molar-refractivity contribution >= 4 is 5.91 Å². The van der Waals surface area contributed by atoms with Crippen LogP contribution in [0.5, 0.6) is 5.75 Å². The summed E-state index contributed by atoms with van der Waals surface area (Å²) >= 11 is 0. The molecule has 0 fully saturated rings. The number of hydrogen-bond acceptors (Lipinski definition) is 2. The molecule has 0 aromatic heterocycles. The van der Waals surface area contributed by atoms with Crippen molar-refractivity contribution in [1.29, 1.82) is 0 Å². The maximum absolute atomic E-state index is 11.0. The molecule has 0 saturated carbocycles. The average Bonchev–Trinajstić information content (AvgIpc) is 2.17. The normalized spacial score (nSPS) is 9.17. The molecule has 12 heavy (non-hydrogen) atoms. The number of carbonyl (C=O) groups excluding carboxylic acids is 1. The second-order valence-corrected chi connectivity index (χ2v) is 2.23. The summed E-state index contributed by atoms with van der Waals surface area (Å²) in [6.45, 7) is 0. The van der Waals surface area contributed by atoms with Crippen LogP contribution in [0.2, 0.25) is 0 Å². The van der Waals surface area contributed by atoms with Gasteiger partial charge in [0, 0.05) is 12.6 Å². The molecule has 0 spiro atoms. The Morgan fingerprint density at radius 2 is 2.00 bits per heavy atom. The molecule has 63 valence electrons. The Hall–Kier alpha value is -1.51. The third kappa shape index (κ3) is 1.75. The number of amides is 1. The third-order valence-corrected chi connectivity index (χ3v) is 1.51. The van der Waals surface area contributed by atoms with E-state index in [4.69, 9.17) is 4.74 Å². The van der Waals surface area contributed by atoms with Crippen LogP contribution in [-0.4, -0.2) is 13.0 Å². The van der Waals surface area contributed by atoms with Crippen LogP contribution in [0.25, 0.3) is 0 Å². The first-order valence-corrected chi connectivity index (χ1v) is 3.49. The van der Waals surface area contributed by atoms with E-state index < -0.39 is 0 Å². The minimum atomic E-state index is -0.197. The van der Waals surface area contributed by atoms with Gasteiger partial charge < -0.3 is 10.1 Å². The fraction of sp³-hybridized carbons (Fsp3) is 0.111. The molecular formula is C9H10NO2. The van der Waals surface area contributed by atoms with Gasteiger partial charge in [-0.05, 0) is 24.3 Å². The van der Waals surface area contributed by atoms with E-state index >= 15 is 0 Å². The number of carbonyl (C=O) groups is 1. The summed E-state index contributed by atoms with van der Waals surface area (Å²) in [6, 6.07) is 6.81. The molecule has 0 saturated heterocycles. The highest BCUT2D eigenvalue weighted by Crippen LogP contribution is 2.10. The summed E-state index contributed by atoms with van der Waals surface area (Å²) in [4.78, 5) is 11.0. The van der Waals surface area contributed by atoms with E-state index in [1.165, 1.54) is 0 Å². The van der Waals surface area contributed by atoms with Crippen molar-refractivity contribution in [3.8, 4) is 5.75 Å². The zero-order valence-corrected chi connectivity index (χ0v) is 6.83. The topological polar surface area (TPSA) is 38.3 Å². The van der Waals surface area contributed by atoms with Crippen LogP contribution in [0.15, 0.2) is 24.3 Å². The molecule has 3 nitrogen and oxygen atoms in total. The van der Waals surface area contributed by atoms with Gasteiger partial charge in [-0.2, -0.15) is 0 Å². The van der Waals surface area contributed by atoms with Crippen molar-refractivity contribution in [2.75, 3.05) is 7.11 Å². The molecule has 0 aliphatic heterocycles. The van der Waals surface area contributed by atoms with Crippen LogP contribution >= 0.6 is 0 Å². The van der Waals surface area contributed by atoms with Crippen LogP contribution in [-0.2, 0) is 0 Å².